The largest absolute Gasteiger partial charge is 0.356 e. The van der Waals surface area contributed by atoms with Crippen molar-refractivity contribution in [1.82, 2.24) is 6.15 Å². The standard InChI is InChI=1S/Au.NO3.H3N/c;2-1(3)4;/h;;1H3/q;-1;. The molecular formula is H3AuN2O3-. The molecule has 3 N–H and O–H groups in total. The van der Waals surface area contributed by atoms with Crippen LogP contribution in [0.15, 0.2) is 0 Å². The Balaban J connectivity index is -0.0000000450. The van der Waals surface area contributed by atoms with Gasteiger partial charge in [0.15, 0.2) is 0 Å². The van der Waals surface area contributed by atoms with Gasteiger partial charge in [-0.15, -0.1) is 0 Å². The Bertz CT molecular complexity index is 31.8. The summed E-state index contributed by atoms with van der Waals surface area (Å²) < 4.78 is 0. The average molecular weight is 276 g/mol. The van der Waals surface area contributed by atoms with E-state index in [1.54, 1.807) is 0 Å². The third-order valence-corrected chi connectivity index (χ3v) is 0. The van der Waals surface area contributed by atoms with Crippen molar-refractivity contribution in [1.29, 1.82) is 0 Å². The first-order valence-corrected chi connectivity index (χ1v) is 0.548. The van der Waals surface area contributed by atoms with Gasteiger partial charge in [-0.2, -0.15) is 0 Å². The van der Waals surface area contributed by atoms with Crippen LogP contribution in [0.4, 0.5) is 0 Å². The first kappa shape index (κ1) is 16.8. The zero-order chi connectivity index (χ0) is 3.58. The third kappa shape index (κ3) is 3300. The number of rotatable bonds is 0. The quantitative estimate of drug-likeness (QED) is 0.380. The maximum Gasteiger partial charge on any atom is 0.0689 e. The van der Waals surface area contributed by atoms with Gasteiger partial charge in [-0.1, -0.05) is 0 Å². The predicted molar refractivity (Wildman–Crippen MR) is 15.4 cm³/mol. The van der Waals surface area contributed by atoms with Crippen molar-refractivity contribution in [2.45, 2.75) is 0 Å². The Morgan fingerprint density at radius 1 is 1.33 bits per heavy atom. The summed E-state index contributed by atoms with van der Waals surface area (Å²) in [6.45, 7) is 0. The molecule has 0 rings (SSSR count). The minimum Gasteiger partial charge on any atom is -0.356 e. The number of hydrogen-bond donors (Lipinski definition) is 1. The van der Waals surface area contributed by atoms with Crippen molar-refractivity contribution in [3.63, 3.8) is 0 Å². The van der Waals surface area contributed by atoms with Gasteiger partial charge >= 0.3 is 0 Å². The minimum atomic E-state index is -1.75. The van der Waals surface area contributed by atoms with E-state index in [0.29, 0.717) is 0 Å². The van der Waals surface area contributed by atoms with Gasteiger partial charge in [0.1, 0.15) is 0 Å². The molecule has 0 bridgehead atoms. The second kappa shape index (κ2) is 8.86. The van der Waals surface area contributed by atoms with Crippen molar-refractivity contribution in [2.24, 2.45) is 0 Å². The van der Waals surface area contributed by atoms with Gasteiger partial charge in [0.05, 0.1) is 5.09 Å². The van der Waals surface area contributed by atoms with E-state index >= 15 is 0 Å². The summed E-state index contributed by atoms with van der Waals surface area (Å²) >= 11 is 0. The van der Waals surface area contributed by atoms with Crippen LogP contribution in [0.5, 0.6) is 0 Å². The molecule has 0 amide bonds. The zero-order valence-electron chi connectivity index (χ0n) is 2.68. The first-order valence-electron chi connectivity index (χ1n) is 0.548. The molecule has 0 unspecified atom stereocenters. The molecular weight excluding hydrogens is 273 g/mol. The predicted octanol–water partition coefficient (Wildman–Crippen LogP) is -0.0796. The molecule has 0 saturated carbocycles. The summed E-state index contributed by atoms with van der Waals surface area (Å²) in [7, 11) is 0. The van der Waals surface area contributed by atoms with E-state index in [1.165, 1.54) is 0 Å². The Kier molecular flexibility index (Phi) is 24.9. The van der Waals surface area contributed by atoms with Crippen molar-refractivity contribution in [3.05, 3.63) is 15.3 Å². The molecule has 43 valence electrons. The van der Waals surface area contributed by atoms with Crippen LogP contribution in [0.1, 0.15) is 0 Å². The topological polar surface area (TPSA) is 101 Å². The van der Waals surface area contributed by atoms with Crippen LogP contribution >= 0.6 is 0 Å². The van der Waals surface area contributed by atoms with Crippen LogP contribution in [0.3, 0.4) is 0 Å². The Morgan fingerprint density at radius 3 is 1.33 bits per heavy atom. The van der Waals surface area contributed by atoms with Crippen molar-refractivity contribution in [3.8, 4) is 0 Å². The van der Waals surface area contributed by atoms with Crippen LogP contribution in [0.2, 0.25) is 0 Å². The van der Waals surface area contributed by atoms with Gasteiger partial charge in [-0.25, -0.2) is 0 Å². The molecule has 0 spiro atoms. The van der Waals surface area contributed by atoms with E-state index < -0.39 is 5.09 Å². The van der Waals surface area contributed by atoms with Crippen LogP contribution in [-0.2, 0) is 22.4 Å². The van der Waals surface area contributed by atoms with Crippen LogP contribution in [0.25, 0.3) is 0 Å². The summed E-state index contributed by atoms with van der Waals surface area (Å²) in [6, 6.07) is 0. The maximum absolute atomic E-state index is 8.25. The van der Waals surface area contributed by atoms with Gasteiger partial charge in [0.2, 0.25) is 0 Å². The molecule has 6 heteroatoms. The summed E-state index contributed by atoms with van der Waals surface area (Å²) in [5, 5.41) is 14.8. The van der Waals surface area contributed by atoms with Crippen molar-refractivity contribution in [2.75, 3.05) is 0 Å². The second-order valence-electron chi connectivity index (χ2n) is 0.224. The fourth-order valence-electron chi connectivity index (χ4n) is 0. The summed E-state index contributed by atoms with van der Waals surface area (Å²) in [5.74, 6) is 0. The Hall–Kier alpha value is -0.0997. The normalized spacial score (nSPS) is 4.00. The summed E-state index contributed by atoms with van der Waals surface area (Å²) in [4.78, 5) is 8.25. The van der Waals surface area contributed by atoms with Gasteiger partial charge in [-0.3, -0.25) is 0 Å². The molecule has 0 aliphatic rings. The van der Waals surface area contributed by atoms with Gasteiger partial charge in [0, 0.05) is 22.4 Å². The van der Waals surface area contributed by atoms with Crippen LogP contribution < -0.4 is 6.15 Å². The molecule has 0 heterocycles. The van der Waals surface area contributed by atoms with Gasteiger partial charge in [0.25, 0.3) is 0 Å². The fraction of sp³-hybridized carbons (Fsp3) is 0. The molecule has 0 aliphatic carbocycles. The smallest absolute Gasteiger partial charge is 0.0689 e. The molecule has 0 fully saturated rings. The van der Waals surface area contributed by atoms with Gasteiger partial charge < -0.3 is 21.5 Å². The Morgan fingerprint density at radius 2 is 1.33 bits per heavy atom. The summed E-state index contributed by atoms with van der Waals surface area (Å²) in [5.41, 5.74) is 0. The molecule has 0 aromatic rings. The van der Waals surface area contributed by atoms with Crippen LogP contribution in [-0.4, -0.2) is 5.09 Å². The molecule has 0 aliphatic heterocycles. The number of hydrogen-bond acceptors (Lipinski definition) is 4. The Labute approximate surface area is 49.5 Å². The zero-order valence-corrected chi connectivity index (χ0v) is 4.85. The van der Waals surface area contributed by atoms with E-state index in [1.807, 2.05) is 0 Å². The van der Waals surface area contributed by atoms with E-state index in [0.717, 1.165) is 0 Å². The van der Waals surface area contributed by atoms with Crippen LogP contribution in [0, 0.1) is 15.3 Å². The fourth-order valence-corrected chi connectivity index (χ4v) is 0. The first-order chi connectivity index (χ1) is 1.73. The van der Waals surface area contributed by atoms with E-state index in [4.69, 9.17) is 15.3 Å². The van der Waals surface area contributed by atoms with E-state index in [-0.39, 0.29) is 28.5 Å². The molecule has 0 atom stereocenters. The molecule has 0 aromatic heterocycles. The summed E-state index contributed by atoms with van der Waals surface area (Å²) in [6.07, 6.45) is 0. The van der Waals surface area contributed by atoms with E-state index in [2.05, 4.69) is 0 Å². The SMILES string of the molecule is N.O=[N+]([O-])[O-].[Au]. The monoisotopic (exact) mass is 276 g/mol. The van der Waals surface area contributed by atoms with Gasteiger partial charge in [-0.05, 0) is 0 Å². The maximum atomic E-state index is 8.25. The van der Waals surface area contributed by atoms with Crippen molar-refractivity contribution >= 4 is 0 Å². The minimum absolute atomic E-state index is 0. The molecule has 6 heavy (non-hydrogen) atoms. The second-order valence-corrected chi connectivity index (χ2v) is 0.224. The van der Waals surface area contributed by atoms with Crippen molar-refractivity contribution < 1.29 is 27.5 Å². The molecule has 1 radical (unpaired) electrons. The number of nitrogens with zero attached hydrogens (tertiary/aromatic N) is 1. The molecule has 0 saturated heterocycles. The average Bonchev–Trinajstić information content (AvgIpc) is 0.811. The molecule has 5 nitrogen and oxygen atoms in total. The van der Waals surface area contributed by atoms with E-state index in [9.17, 15) is 0 Å². The molecule has 0 aromatic carbocycles. The third-order valence-electron chi connectivity index (χ3n) is 0.